The van der Waals surface area contributed by atoms with Gasteiger partial charge in [0.05, 0.1) is 6.54 Å². The average molecular weight is 254 g/mol. The molecular weight excluding hydrogens is 236 g/mol. The first kappa shape index (κ1) is 14.3. The summed E-state index contributed by atoms with van der Waals surface area (Å²) in [5, 5.41) is 11.3. The molecule has 0 aliphatic carbocycles. The third-order valence-corrected chi connectivity index (χ3v) is 2.75. The number of carbonyl (C=O) groups is 2. The third-order valence-electron chi connectivity index (χ3n) is 2.75. The first-order valence-corrected chi connectivity index (χ1v) is 5.89. The van der Waals surface area contributed by atoms with E-state index in [0.717, 1.165) is 31.0 Å². The molecule has 1 aliphatic rings. The minimum Gasteiger partial charge on any atom is -0.480 e. The van der Waals surface area contributed by atoms with Gasteiger partial charge in [-0.1, -0.05) is 5.92 Å². The van der Waals surface area contributed by atoms with Crippen molar-refractivity contribution in [3.05, 3.63) is 0 Å². The van der Waals surface area contributed by atoms with Crippen LogP contribution in [0.5, 0.6) is 0 Å². The van der Waals surface area contributed by atoms with E-state index in [0.29, 0.717) is 12.5 Å². The number of carboxylic acids is 1. The highest BCUT2D eigenvalue weighted by atomic mass is 16.5. The Morgan fingerprint density at radius 1 is 1.56 bits per heavy atom. The van der Waals surface area contributed by atoms with Crippen LogP contribution in [0.4, 0.5) is 4.79 Å². The molecule has 1 aliphatic heterocycles. The van der Waals surface area contributed by atoms with E-state index in [1.807, 2.05) is 0 Å². The van der Waals surface area contributed by atoms with Crippen LogP contribution in [-0.4, -0.2) is 54.9 Å². The molecule has 0 bridgehead atoms. The number of nitrogens with zero attached hydrogens (tertiary/aromatic N) is 1. The van der Waals surface area contributed by atoms with Gasteiger partial charge in [-0.2, -0.15) is 0 Å². The molecule has 0 saturated carbocycles. The van der Waals surface area contributed by atoms with Gasteiger partial charge in [0.1, 0.15) is 6.54 Å². The monoisotopic (exact) mass is 254 g/mol. The number of hydrogen-bond acceptors (Lipinski definition) is 3. The Kier molecular flexibility index (Phi) is 6.01. The van der Waals surface area contributed by atoms with E-state index in [1.165, 1.54) is 0 Å². The summed E-state index contributed by atoms with van der Waals surface area (Å²) in [5.74, 6) is 1.67. The molecule has 2 N–H and O–H groups in total. The second kappa shape index (κ2) is 7.56. The summed E-state index contributed by atoms with van der Waals surface area (Å²) < 4.78 is 5.23. The standard InChI is InChI=1S/C12H18N2O4/c1-2-6-14(8-11(15)16)12(17)13-5-3-10-4-7-18-9-10/h1,10H,3-9H2,(H,13,17)(H,15,16). The van der Waals surface area contributed by atoms with Crippen LogP contribution >= 0.6 is 0 Å². The highest BCUT2D eigenvalue weighted by Crippen LogP contribution is 2.15. The number of rotatable bonds is 6. The van der Waals surface area contributed by atoms with E-state index >= 15 is 0 Å². The molecule has 2 amide bonds. The van der Waals surface area contributed by atoms with Gasteiger partial charge >= 0.3 is 12.0 Å². The highest BCUT2D eigenvalue weighted by Gasteiger charge is 2.18. The molecule has 1 saturated heterocycles. The maximum Gasteiger partial charge on any atom is 0.323 e. The highest BCUT2D eigenvalue weighted by molar-refractivity contribution is 5.80. The van der Waals surface area contributed by atoms with Crippen LogP contribution in [0.25, 0.3) is 0 Å². The number of nitrogens with one attached hydrogen (secondary N) is 1. The van der Waals surface area contributed by atoms with Crippen molar-refractivity contribution in [3.63, 3.8) is 0 Å². The van der Waals surface area contributed by atoms with E-state index in [1.54, 1.807) is 0 Å². The number of aliphatic carboxylic acids is 1. The summed E-state index contributed by atoms with van der Waals surface area (Å²) in [6.45, 7) is 1.63. The van der Waals surface area contributed by atoms with E-state index in [4.69, 9.17) is 16.3 Å². The van der Waals surface area contributed by atoms with Crippen molar-refractivity contribution in [1.82, 2.24) is 10.2 Å². The molecule has 6 heteroatoms. The quantitative estimate of drug-likeness (QED) is 0.661. The van der Waals surface area contributed by atoms with Gasteiger partial charge in [-0.25, -0.2) is 4.79 Å². The van der Waals surface area contributed by atoms with E-state index in [2.05, 4.69) is 11.2 Å². The summed E-state index contributed by atoms with van der Waals surface area (Å²) in [4.78, 5) is 23.3. The van der Waals surface area contributed by atoms with Crippen LogP contribution in [0.15, 0.2) is 0 Å². The number of hydrogen-bond donors (Lipinski definition) is 2. The molecule has 0 aromatic carbocycles. The Balaban J connectivity index is 2.27. The second-order valence-electron chi connectivity index (χ2n) is 4.20. The predicted octanol–water partition coefficient (Wildman–Crippen LogP) is 0.142. The molecule has 0 radical (unpaired) electrons. The van der Waals surface area contributed by atoms with Crippen LogP contribution in [0.3, 0.4) is 0 Å². The van der Waals surface area contributed by atoms with Crippen molar-refractivity contribution in [1.29, 1.82) is 0 Å². The van der Waals surface area contributed by atoms with Gasteiger partial charge in [0, 0.05) is 19.8 Å². The van der Waals surface area contributed by atoms with Gasteiger partial charge < -0.3 is 20.1 Å². The van der Waals surface area contributed by atoms with Gasteiger partial charge in [-0.15, -0.1) is 6.42 Å². The fourth-order valence-electron chi connectivity index (χ4n) is 1.78. The van der Waals surface area contributed by atoms with Crippen molar-refractivity contribution in [2.75, 3.05) is 32.8 Å². The molecule has 1 unspecified atom stereocenters. The van der Waals surface area contributed by atoms with Crippen LogP contribution in [0.2, 0.25) is 0 Å². The third kappa shape index (κ3) is 5.06. The van der Waals surface area contributed by atoms with Gasteiger partial charge in [0.25, 0.3) is 0 Å². The van der Waals surface area contributed by atoms with E-state index in [-0.39, 0.29) is 13.1 Å². The minimum absolute atomic E-state index is 0.00925. The largest absolute Gasteiger partial charge is 0.480 e. The van der Waals surface area contributed by atoms with Gasteiger partial charge in [0.15, 0.2) is 0 Å². The summed E-state index contributed by atoms with van der Waals surface area (Å²) >= 11 is 0. The SMILES string of the molecule is C#CCN(CC(=O)O)C(=O)NCCC1CCOC1. The zero-order chi connectivity index (χ0) is 13.4. The molecule has 6 nitrogen and oxygen atoms in total. The Morgan fingerprint density at radius 3 is 2.89 bits per heavy atom. The lowest BCUT2D eigenvalue weighted by Crippen LogP contribution is -2.43. The number of carboxylic acid groups (broad SMARTS) is 1. The molecule has 100 valence electrons. The van der Waals surface area contributed by atoms with Gasteiger partial charge in [-0.05, 0) is 18.8 Å². The first-order chi connectivity index (χ1) is 8.63. The average Bonchev–Trinajstić information content (AvgIpc) is 2.81. The topological polar surface area (TPSA) is 78.9 Å². The molecule has 0 aromatic rings. The van der Waals surface area contributed by atoms with Gasteiger partial charge in [-0.3, -0.25) is 4.79 Å². The Labute approximate surface area is 106 Å². The van der Waals surface area contributed by atoms with Crippen molar-refractivity contribution in [3.8, 4) is 12.3 Å². The maximum absolute atomic E-state index is 11.7. The van der Waals surface area contributed by atoms with Crippen molar-refractivity contribution in [2.45, 2.75) is 12.8 Å². The van der Waals surface area contributed by atoms with Crippen LogP contribution in [0.1, 0.15) is 12.8 Å². The molecule has 1 rings (SSSR count). The number of urea groups is 1. The van der Waals surface area contributed by atoms with E-state index in [9.17, 15) is 9.59 Å². The number of carbonyl (C=O) groups excluding carboxylic acids is 1. The lowest BCUT2D eigenvalue weighted by atomic mass is 10.1. The van der Waals surface area contributed by atoms with Crippen molar-refractivity contribution < 1.29 is 19.4 Å². The van der Waals surface area contributed by atoms with E-state index < -0.39 is 12.0 Å². The normalized spacial score (nSPS) is 18.1. The zero-order valence-corrected chi connectivity index (χ0v) is 10.2. The smallest absolute Gasteiger partial charge is 0.323 e. The minimum atomic E-state index is -1.08. The number of terminal acetylenes is 1. The lowest BCUT2D eigenvalue weighted by Gasteiger charge is -2.19. The molecule has 0 aromatic heterocycles. The first-order valence-electron chi connectivity index (χ1n) is 5.89. The fraction of sp³-hybridized carbons (Fsp3) is 0.667. The van der Waals surface area contributed by atoms with Crippen molar-refractivity contribution in [2.24, 2.45) is 5.92 Å². The fourth-order valence-corrected chi connectivity index (χ4v) is 1.78. The molecular formula is C12H18N2O4. The Morgan fingerprint density at radius 2 is 2.33 bits per heavy atom. The predicted molar refractivity (Wildman–Crippen MR) is 65.0 cm³/mol. The molecule has 18 heavy (non-hydrogen) atoms. The summed E-state index contributed by atoms with van der Waals surface area (Å²) in [6.07, 6.45) is 6.94. The van der Waals surface area contributed by atoms with Crippen LogP contribution < -0.4 is 5.32 Å². The Bertz CT molecular complexity index is 331. The second-order valence-corrected chi connectivity index (χ2v) is 4.20. The molecule has 0 spiro atoms. The molecule has 1 atom stereocenters. The summed E-state index contributed by atoms with van der Waals surface area (Å²) in [5.41, 5.74) is 0. The maximum atomic E-state index is 11.7. The Hall–Kier alpha value is -1.74. The number of amides is 2. The zero-order valence-electron chi connectivity index (χ0n) is 10.2. The summed E-state index contributed by atoms with van der Waals surface area (Å²) in [6, 6.07) is -0.436. The summed E-state index contributed by atoms with van der Waals surface area (Å²) in [7, 11) is 0. The lowest BCUT2D eigenvalue weighted by molar-refractivity contribution is -0.137. The van der Waals surface area contributed by atoms with Crippen molar-refractivity contribution >= 4 is 12.0 Å². The molecule has 1 fully saturated rings. The van der Waals surface area contributed by atoms with Crippen LogP contribution in [0, 0.1) is 18.3 Å². The molecule has 1 heterocycles. The number of ether oxygens (including phenoxy) is 1. The van der Waals surface area contributed by atoms with Crippen LogP contribution in [-0.2, 0) is 9.53 Å². The van der Waals surface area contributed by atoms with Gasteiger partial charge in [0.2, 0.25) is 0 Å².